The third-order valence-electron chi connectivity index (χ3n) is 1.40. The molecule has 0 aliphatic carbocycles. The van der Waals surface area contributed by atoms with Crippen molar-refractivity contribution in [3.63, 3.8) is 0 Å². The molecule has 13 heavy (non-hydrogen) atoms. The van der Waals surface area contributed by atoms with E-state index in [2.05, 4.69) is 0 Å². The zero-order valence-corrected chi connectivity index (χ0v) is 8.62. The fraction of sp³-hybridized carbons (Fsp3) is 0. The molecular formula is C6H6Cl2N2O2S. The zero-order valence-electron chi connectivity index (χ0n) is 6.29. The van der Waals surface area contributed by atoms with Gasteiger partial charge in [0.15, 0.2) is 0 Å². The lowest BCUT2D eigenvalue weighted by atomic mass is 10.3. The smallest absolute Gasteiger partial charge is 0.240 e. The molecule has 4 nitrogen and oxygen atoms in total. The van der Waals surface area contributed by atoms with Gasteiger partial charge in [0, 0.05) is 0 Å². The van der Waals surface area contributed by atoms with E-state index >= 15 is 0 Å². The monoisotopic (exact) mass is 240 g/mol. The van der Waals surface area contributed by atoms with Crippen LogP contribution in [0.3, 0.4) is 0 Å². The van der Waals surface area contributed by atoms with Crippen molar-refractivity contribution in [2.24, 2.45) is 5.14 Å². The van der Waals surface area contributed by atoms with Gasteiger partial charge in [-0.3, -0.25) is 0 Å². The van der Waals surface area contributed by atoms with E-state index in [1.165, 1.54) is 12.1 Å². The molecule has 0 atom stereocenters. The zero-order chi connectivity index (χ0) is 10.2. The van der Waals surface area contributed by atoms with E-state index in [1.807, 2.05) is 0 Å². The molecule has 7 heteroatoms. The summed E-state index contributed by atoms with van der Waals surface area (Å²) in [5, 5.41) is 5.05. The third-order valence-corrected chi connectivity index (χ3v) is 3.19. The average molecular weight is 241 g/mol. The van der Waals surface area contributed by atoms with Crippen molar-refractivity contribution in [2.45, 2.75) is 4.90 Å². The van der Waals surface area contributed by atoms with Crippen LogP contribution in [-0.4, -0.2) is 8.42 Å². The van der Waals surface area contributed by atoms with Gasteiger partial charge in [0.1, 0.15) is 4.90 Å². The Morgan fingerprint density at radius 1 is 1.23 bits per heavy atom. The minimum absolute atomic E-state index is 0.00630. The summed E-state index contributed by atoms with van der Waals surface area (Å²) in [5.41, 5.74) is 5.27. The van der Waals surface area contributed by atoms with E-state index in [-0.39, 0.29) is 20.6 Å². The first-order chi connectivity index (χ1) is 5.84. The van der Waals surface area contributed by atoms with Crippen molar-refractivity contribution in [1.29, 1.82) is 0 Å². The van der Waals surface area contributed by atoms with Crippen molar-refractivity contribution in [3.8, 4) is 0 Å². The molecule has 0 spiro atoms. The summed E-state index contributed by atoms with van der Waals surface area (Å²) in [5.74, 6) is 0. The Bertz CT molecular complexity index is 444. The number of nitrogens with two attached hydrogens (primary N) is 2. The predicted octanol–water partition coefficient (Wildman–Crippen LogP) is 1.22. The number of benzene rings is 1. The van der Waals surface area contributed by atoms with Gasteiger partial charge in [0.2, 0.25) is 10.0 Å². The average Bonchev–Trinajstić information content (AvgIpc) is 1.98. The molecule has 0 aliphatic heterocycles. The Morgan fingerprint density at radius 2 is 1.77 bits per heavy atom. The fourth-order valence-corrected chi connectivity index (χ4v) is 1.85. The molecule has 0 heterocycles. The first-order valence-electron chi connectivity index (χ1n) is 3.10. The van der Waals surface area contributed by atoms with Crippen LogP contribution in [0.4, 0.5) is 5.69 Å². The summed E-state index contributed by atoms with van der Waals surface area (Å²) in [6, 6.07) is 2.53. The van der Waals surface area contributed by atoms with Crippen LogP contribution in [-0.2, 0) is 10.0 Å². The molecule has 72 valence electrons. The van der Waals surface area contributed by atoms with E-state index in [0.717, 1.165) is 0 Å². The molecule has 0 fully saturated rings. The summed E-state index contributed by atoms with van der Waals surface area (Å²) >= 11 is 11.2. The van der Waals surface area contributed by atoms with E-state index < -0.39 is 10.0 Å². The molecule has 1 aromatic rings. The quantitative estimate of drug-likeness (QED) is 0.725. The molecule has 0 amide bonds. The van der Waals surface area contributed by atoms with Crippen LogP contribution in [0, 0.1) is 0 Å². The normalized spacial score (nSPS) is 11.6. The van der Waals surface area contributed by atoms with Crippen LogP contribution in [0.5, 0.6) is 0 Å². The Hall–Kier alpha value is -0.490. The molecule has 0 radical (unpaired) electrons. The Balaban J connectivity index is 3.53. The Kier molecular flexibility index (Phi) is 2.72. The van der Waals surface area contributed by atoms with Crippen molar-refractivity contribution >= 4 is 38.9 Å². The lowest BCUT2D eigenvalue weighted by molar-refractivity contribution is 0.598. The Morgan fingerprint density at radius 3 is 2.23 bits per heavy atom. The summed E-state index contributed by atoms with van der Waals surface area (Å²) in [6.07, 6.45) is 0. The van der Waals surface area contributed by atoms with Gasteiger partial charge in [-0.25, -0.2) is 13.6 Å². The molecule has 0 unspecified atom stereocenters. The summed E-state index contributed by atoms with van der Waals surface area (Å²) < 4.78 is 21.8. The van der Waals surface area contributed by atoms with Crippen LogP contribution in [0.1, 0.15) is 0 Å². The first-order valence-corrected chi connectivity index (χ1v) is 5.40. The molecule has 0 aromatic heterocycles. The number of nitrogen functional groups attached to an aromatic ring is 1. The van der Waals surface area contributed by atoms with Gasteiger partial charge >= 0.3 is 0 Å². The number of halogens is 2. The summed E-state index contributed by atoms with van der Waals surface area (Å²) in [6.45, 7) is 0. The number of hydrogen-bond acceptors (Lipinski definition) is 3. The molecule has 0 saturated carbocycles. The highest BCUT2D eigenvalue weighted by molar-refractivity contribution is 7.89. The lowest BCUT2D eigenvalue weighted by Gasteiger charge is -2.05. The van der Waals surface area contributed by atoms with Gasteiger partial charge in [-0.05, 0) is 12.1 Å². The molecular weight excluding hydrogens is 235 g/mol. The van der Waals surface area contributed by atoms with Gasteiger partial charge in [0.05, 0.1) is 15.7 Å². The van der Waals surface area contributed by atoms with Crippen molar-refractivity contribution in [2.75, 3.05) is 5.73 Å². The van der Waals surface area contributed by atoms with Crippen LogP contribution in [0.15, 0.2) is 17.0 Å². The SMILES string of the molecule is Nc1c(S(N)(=O)=O)ccc(Cl)c1Cl. The molecule has 4 N–H and O–H groups in total. The molecule has 0 bridgehead atoms. The van der Waals surface area contributed by atoms with Gasteiger partial charge in [0.25, 0.3) is 0 Å². The van der Waals surface area contributed by atoms with Gasteiger partial charge in [-0.2, -0.15) is 0 Å². The number of rotatable bonds is 1. The maximum absolute atomic E-state index is 10.9. The standard InChI is InChI=1S/C6H6Cl2N2O2S/c7-3-1-2-4(13(10,11)12)6(9)5(3)8/h1-2H,9H2,(H2,10,11,12). The second-order valence-electron chi connectivity index (χ2n) is 2.32. The van der Waals surface area contributed by atoms with E-state index in [9.17, 15) is 8.42 Å². The van der Waals surface area contributed by atoms with E-state index in [1.54, 1.807) is 0 Å². The minimum Gasteiger partial charge on any atom is -0.396 e. The van der Waals surface area contributed by atoms with Crippen LogP contribution in [0.2, 0.25) is 10.0 Å². The maximum atomic E-state index is 10.9. The van der Waals surface area contributed by atoms with Crippen molar-refractivity contribution < 1.29 is 8.42 Å². The van der Waals surface area contributed by atoms with Gasteiger partial charge < -0.3 is 5.73 Å². The molecule has 0 aliphatic rings. The lowest BCUT2D eigenvalue weighted by Crippen LogP contribution is -2.14. The van der Waals surface area contributed by atoms with Crippen LogP contribution < -0.4 is 10.9 Å². The summed E-state index contributed by atoms with van der Waals surface area (Å²) in [4.78, 5) is -0.220. The Labute approximate surface area is 85.5 Å². The molecule has 1 rings (SSSR count). The first kappa shape index (κ1) is 10.6. The minimum atomic E-state index is -3.84. The van der Waals surface area contributed by atoms with Crippen LogP contribution in [0.25, 0.3) is 0 Å². The highest BCUT2D eigenvalue weighted by Gasteiger charge is 2.15. The number of primary sulfonamides is 1. The third kappa shape index (κ3) is 2.05. The second kappa shape index (κ2) is 3.34. The van der Waals surface area contributed by atoms with E-state index in [0.29, 0.717) is 0 Å². The largest absolute Gasteiger partial charge is 0.396 e. The van der Waals surface area contributed by atoms with Gasteiger partial charge in [-0.15, -0.1) is 0 Å². The fourth-order valence-electron chi connectivity index (χ4n) is 0.797. The number of hydrogen-bond donors (Lipinski definition) is 2. The second-order valence-corrected chi connectivity index (χ2v) is 4.63. The summed E-state index contributed by atoms with van der Waals surface area (Å²) in [7, 11) is -3.84. The molecule has 1 aromatic carbocycles. The van der Waals surface area contributed by atoms with Crippen molar-refractivity contribution in [1.82, 2.24) is 0 Å². The maximum Gasteiger partial charge on any atom is 0.240 e. The highest BCUT2D eigenvalue weighted by atomic mass is 35.5. The molecule has 0 saturated heterocycles. The number of anilines is 1. The van der Waals surface area contributed by atoms with Gasteiger partial charge in [-0.1, -0.05) is 23.2 Å². The van der Waals surface area contributed by atoms with Crippen molar-refractivity contribution in [3.05, 3.63) is 22.2 Å². The highest BCUT2D eigenvalue weighted by Crippen LogP contribution is 2.32. The number of sulfonamides is 1. The van der Waals surface area contributed by atoms with E-state index in [4.69, 9.17) is 34.1 Å². The topological polar surface area (TPSA) is 86.2 Å². The van der Waals surface area contributed by atoms with Crippen LogP contribution >= 0.6 is 23.2 Å². The predicted molar refractivity (Wildman–Crippen MR) is 52.2 cm³/mol.